The molecule has 0 saturated carbocycles. The maximum atomic E-state index is 11.2. The highest BCUT2D eigenvalue weighted by molar-refractivity contribution is 5.99. The number of ether oxygens (including phenoxy) is 1. The van der Waals surface area contributed by atoms with Crippen molar-refractivity contribution in [2.75, 3.05) is 7.11 Å². The molecule has 0 amide bonds. The van der Waals surface area contributed by atoms with Gasteiger partial charge in [0, 0.05) is 5.56 Å². The third-order valence-corrected chi connectivity index (χ3v) is 4.47. The quantitative estimate of drug-likeness (QED) is 0.440. The summed E-state index contributed by atoms with van der Waals surface area (Å²) in [6.07, 6.45) is 5.29. The normalized spacial score (nSPS) is 10.7. The van der Waals surface area contributed by atoms with Gasteiger partial charge in [0.25, 0.3) is 0 Å². The third-order valence-electron chi connectivity index (χ3n) is 4.47. The Kier molecular flexibility index (Phi) is 5.27. The molecule has 0 unspecified atom stereocenters. The fourth-order valence-corrected chi connectivity index (χ4v) is 3.18. The van der Waals surface area contributed by atoms with Crippen molar-refractivity contribution < 1.29 is 9.53 Å². The fraction of sp³-hybridized carbons (Fsp3) is 0.227. The van der Waals surface area contributed by atoms with Gasteiger partial charge in [-0.3, -0.25) is 4.79 Å². The number of aldehydes is 1. The van der Waals surface area contributed by atoms with Gasteiger partial charge in [0.1, 0.15) is 5.75 Å². The second-order valence-corrected chi connectivity index (χ2v) is 6.04. The first-order chi connectivity index (χ1) is 11.8. The Hall–Kier alpha value is -2.61. The minimum atomic E-state index is 0.769. The highest BCUT2D eigenvalue weighted by Crippen LogP contribution is 2.24. The summed E-state index contributed by atoms with van der Waals surface area (Å²) in [5, 5.41) is 2.25. The van der Waals surface area contributed by atoms with E-state index in [1.54, 1.807) is 7.11 Å². The van der Waals surface area contributed by atoms with Crippen molar-refractivity contribution in [1.29, 1.82) is 0 Å². The van der Waals surface area contributed by atoms with Crippen molar-refractivity contribution in [1.82, 2.24) is 0 Å². The van der Waals surface area contributed by atoms with Gasteiger partial charge in [0.2, 0.25) is 0 Å². The summed E-state index contributed by atoms with van der Waals surface area (Å²) in [5.41, 5.74) is 3.41. The number of methoxy groups -OCH3 is 1. The van der Waals surface area contributed by atoms with Crippen molar-refractivity contribution in [2.45, 2.75) is 25.7 Å². The lowest BCUT2D eigenvalue weighted by atomic mass is 9.96. The molecule has 122 valence electrons. The number of carbonyl (C=O) groups excluding carboxylic acids is 1. The Morgan fingerprint density at radius 1 is 0.875 bits per heavy atom. The van der Waals surface area contributed by atoms with E-state index in [-0.39, 0.29) is 0 Å². The number of hydrogen-bond donors (Lipinski definition) is 0. The van der Waals surface area contributed by atoms with Gasteiger partial charge < -0.3 is 4.74 Å². The zero-order valence-electron chi connectivity index (χ0n) is 14.0. The second kappa shape index (κ2) is 7.78. The Bertz CT molecular complexity index is 836. The van der Waals surface area contributed by atoms with Crippen LogP contribution < -0.4 is 4.74 Å². The van der Waals surface area contributed by atoms with E-state index in [4.69, 9.17) is 4.74 Å². The smallest absolute Gasteiger partial charge is 0.150 e. The predicted molar refractivity (Wildman–Crippen MR) is 99.0 cm³/mol. The Balaban J connectivity index is 1.65. The number of hydrogen-bond acceptors (Lipinski definition) is 2. The number of aryl methyl sites for hydroxylation is 2. The van der Waals surface area contributed by atoms with E-state index in [0.717, 1.165) is 48.7 Å². The van der Waals surface area contributed by atoms with Crippen molar-refractivity contribution >= 4 is 17.1 Å². The zero-order valence-corrected chi connectivity index (χ0v) is 14.0. The molecule has 3 aromatic rings. The fourth-order valence-electron chi connectivity index (χ4n) is 3.18. The molecule has 2 heteroatoms. The van der Waals surface area contributed by atoms with Gasteiger partial charge in [0.05, 0.1) is 7.11 Å². The molecule has 0 aromatic heterocycles. The lowest BCUT2D eigenvalue weighted by Gasteiger charge is -2.09. The summed E-state index contributed by atoms with van der Waals surface area (Å²) in [4.78, 5) is 11.2. The van der Waals surface area contributed by atoms with Crippen LogP contribution in [0.5, 0.6) is 5.75 Å². The van der Waals surface area contributed by atoms with Gasteiger partial charge >= 0.3 is 0 Å². The van der Waals surface area contributed by atoms with Crippen molar-refractivity contribution in [3.05, 3.63) is 77.4 Å². The molecule has 0 fully saturated rings. The van der Waals surface area contributed by atoms with Crippen LogP contribution in [0, 0.1) is 0 Å². The number of unbranched alkanes of at least 4 members (excludes halogenated alkanes) is 1. The molecule has 0 bridgehead atoms. The lowest BCUT2D eigenvalue weighted by molar-refractivity contribution is 0.112. The van der Waals surface area contributed by atoms with Gasteiger partial charge in [-0.25, -0.2) is 0 Å². The molecule has 0 spiro atoms. The molecule has 0 aliphatic heterocycles. The first kappa shape index (κ1) is 16.3. The van der Waals surface area contributed by atoms with Crippen LogP contribution in [0.15, 0.2) is 60.7 Å². The average Bonchev–Trinajstić information content (AvgIpc) is 2.65. The molecule has 0 N–H and O–H groups in total. The maximum Gasteiger partial charge on any atom is 0.150 e. The monoisotopic (exact) mass is 318 g/mol. The number of benzene rings is 3. The summed E-state index contributed by atoms with van der Waals surface area (Å²) >= 11 is 0. The molecule has 0 atom stereocenters. The first-order valence-corrected chi connectivity index (χ1v) is 8.40. The molecule has 3 aromatic carbocycles. The van der Waals surface area contributed by atoms with E-state index in [1.807, 2.05) is 36.4 Å². The summed E-state index contributed by atoms with van der Waals surface area (Å²) in [6, 6.07) is 20.5. The van der Waals surface area contributed by atoms with E-state index in [9.17, 15) is 4.79 Å². The predicted octanol–water partition coefficient (Wildman–Crippen LogP) is 5.23. The van der Waals surface area contributed by atoms with Crippen LogP contribution in [0.3, 0.4) is 0 Å². The molecular formula is C22H22O2. The van der Waals surface area contributed by atoms with Crippen LogP contribution >= 0.6 is 0 Å². The van der Waals surface area contributed by atoms with E-state index in [1.165, 1.54) is 16.5 Å². The summed E-state index contributed by atoms with van der Waals surface area (Å²) in [7, 11) is 1.70. The first-order valence-electron chi connectivity index (χ1n) is 8.40. The van der Waals surface area contributed by atoms with Gasteiger partial charge in [-0.05, 0) is 59.7 Å². The van der Waals surface area contributed by atoms with E-state index >= 15 is 0 Å². The minimum Gasteiger partial charge on any atom is -0.497 e. The highest BCUT2D eigenvalue weighted by atomic mass is 16.5. The largest absolute Gasteiger partial charge is 0.497 e. The van der Waals surface area contributed by atoms with Gasteiger partial charge in [-0.15, -0.1) is 0 Å². The van der Waals surface area contributed by atoms with Crippen LogP contribution in [0.25, 0.3) is 10.8 Å². The summed E-state index contributed by atoms with van der Waals surface area (Å²) in [6.45, 7) is 0. The summed E-state index contributed by atoms with van der Waals surface area (Å²) < 4.78 is 5.27. The number of carbonyl (C=O) groups is 1. The second-order valence-electron chi connectivity index (χ2n) is 6.04. The van der Waals surface area contributed by atoms with Crippen molar-refractivity contribution in [3.8, 4) is 5.75 Å². The molecule has 2 nitrogen and oxygen atoms in total. The molecule has 0 saturated heterocycles. The highest BCUT2D eigenvalue weighted by Gasteiger charge is 2.05. The Labute approximate surface area is 143 Å². The topological polar surface area (TPSA) is 26.3 Å². The van der Waals surface area contributed by atoms with Crippen LogP contribution in [-0.2, 0) is 12.8 Å². The molecule has 0 aliphatic carbocycles. The van der Waals surface area contributed by atoms with Crippen LogP contribution in [0.2, 0.25) is 0 Å². The van der Waals surface area contributed by atoms with Crippen LogP contribution in [-0.4, -0.2) is 13.4 Å². The Morgan fingerprint density at radius 2 is 1.67 bits per heavy atom. The molecule has 24 heavy (non-hydrogen) atoms. The van der Waals surface area contributed by atoms with Crippen molar-refractivity contribution in [2.24, 2.45) is 0 Å². The van der Waals surface area contributed by atoms with Gasteiger partial charge in [0.15, 0.2) is 6.29 Å². The number of rotatable bonds is 7. The van der Waals surface area contributed by atoms with Crippen LogP contribution in [0.1, 0.15) is 34.3 Å². The molecule has 0 heterocycles. The van der Waals surface area contributed by atoms with E-state index in [0.29, 0.717) is 0 Å². The molecule has 0 radical (unpaired) electrons. The van der Waals surface area contributed by atoms with E-state index < -0.39 is 0 Å². The molecule has 3 rings (SSSR count). The third kappa shape index (κ3) is 3.65. The average molecular weight is 318 g/mol. The minimum absolute atomic E-state index is 0.769. The van der Waals surface area contributed by atoms with Gasteiger partial charge in [-0.2, -0.15) is 0 Å². The number of fused-ring (bicyclic) bond motifs is 1. The van der Waals surface area contributed by atoms with Crippen LogP contribution in [0.4, 0.5) is 0 Å². The molecule has 0 aliphatic rings. The Morgan fingerprint density at radius 3 is 2.46 bits per heavy atom. The summed E-state index contributed by atoms with van der Waals surface area (Å²) in [5.74, 6) is 0.919. The lowest BCUT2D eigenvalue weighted by Crippen LogP contribution is -1.93. The van der Waals surface area contributed by atoms with E-state index in [2.05, 4.69) is 24.3 Å². The zero-order chi connectivity index (χ0) is 16.8. The molecular weight excluding hydrogens is 296 g/mol. The standard InChI is InChI=1S/C22H22O2/c1-24-20-10-6-8-17(15-20)7-2-3-9-18-13-14-19(16-23)22-12-5-4-11-21(18)22/h4-6,8,10-16H,2-3,7,9H2,1H3. The van der Waals surface area contributed by atoms with Crippen molar-refractivity contribution in [3.63, 3.8) is 0 Å². The SMILES string of the molecule is COc1cccc(CCCCc2ccc(C=O)c3ccccc23)c1. The maximum absolute atomic E-state index is 11.2. The van der Waals surface area contributed by atoms with Gasteiger partial charge in [-0.1, -0.05) is 48.5 Å².